The molecule has 0 spiro atoms. The average Bonchev–Trinajstić information content (AvgIpc) is 2.62. The normalized spacial score (nSPS) is 11.9. The van der Waals surface area contributed by atoms with Gasteiger partial charge in [-0.25, -0.2) is 0 Å². The van der Waals surface area contributed by atoms with E-state index in [-0.39, 0.29) is 0 Å². The van der Waals surface area contributed by atoms with Crippen molar-refractivity contribution in [3.63, 3.8) is 0 Å². The Labute approximate surface area is 177 Å². The predicted molar refractivity (Wildman–Crippen MR) is 124 cm³/mol. The molecule has 168 valence electrons. The number of unbranched alkanes of at least 4 members (excludes halogenated alkanes) is 6. The Hall–Kier alpha value is -0.0551. The van der Waals surface area contributed by atoms with Gasteiger partial charge in [0.1, 0.15) is 0 Å². The second-order valence-electron chi connectivity index (χ2n) is 9.63. The van der Waals surface area contributed by atoms with E-state index in [1.165, 1.54) is 57.8 Å². The zero-order valence-electron chi connectivity index (χ0n) is 20.1. The monoisotopic (exact) mass is 398 g/mol. The van der Waals surface area contributed by atoms with Gasteiger partial charge in [0, 0.05) is 19.8 Å². The van der Waals surface area contributed by atoms with E-state index < -0.39 is 7.32 Å². The van der Waals surface area contributed by atoms with Gasteiger partial charge in [-0.15, -0.1) is 0 Å². The smallest absolute Gasteiger partial charge is 0.386 e. The fourth-order valence-electron chi connectivity index (χ4n) is 3.18. The van der Waals surface area contributed by atoms with Crippen LogP contribution in [0.15, 0.2) is 0 Å². The Morgan fingerprint density at radius 2 is 0.714 bits per heavy atom. The lowest BCUT2D eigenvalue weighted by atomic mass is 10.1. The molecule has 0 heterocycles. The Morgan fingerprint density at radius 3 is 0.964 bits per heavy atom. The summed E-state index contributed by atoms with van der Waals surface area (Å²) in [5.74, 6) is 2.39. The summed E-state index contributed by atoms with van der Waals surface area (Å²) in [7, 11) is -0.472. The molecule has 0 aromatic carbocycles. The molecule has 0 aromatic heterocycles. The van der Waals surface area contributed by atoms with E-state index in [4.69, 9.17) is 14.0 Å². The second kappa shape index (κ2) is 20.2. The van der Waals surface area contributed by atoms with Gasteiger partial charge in [0.2, 0.25) is 0 Å². The van der Waals surface area contributed by atoms with Crippen LogP contribution < -0.4 is 0 Å². The van der Waals surface area contributed by atoms with Crippen LogP contribution in [0.3, 0.4) is 0 Å². The summed E-state index contributed by atoms with van der Waals surface area (Å²) in [5.41, 5.74) is 0. The van der Waals surface area contributed by atoms with E-state index in [0.717, 1.165) is 56.8 Å². The predicted octanol–water partition coefficient (Wildman–Crippen LogP) is 7.67. The maximum absolute atomic E-state index is 5.89. The van der Waals surface area contributed by atoms with Gasteiger partial charge in [-0.3, -0.25) is 0 Å². The van der Waals surface area contributed by atoms with Crippen molar-refractivity contribution in [2.45, 2.75) is 119 Å². The molecule has 0 amide bonds. The average molecular weight is 398 g/mol. The van der Waals surface area contributed by atoms with E-state index >= 15 is 0 Å². The maximum atomic E-state index is 5.89. The lowest BCUT2D eigenvalue weighted by molar-refractivity contribution is 0.0883. The van der Waals surface area contributed by atoms with Gasteiger partial charge in [-0.2, -0.15) is 0 Å². The van der Waals surface area contributed by atoms with Crippen LogP contribution in [0, 0.1) is 17.8 Å². The van der Waals surface area contributed by atoms with Gasteiger partial charge < -0.3 is 14.0 Å². The van der Waals surface area contributed by atoms with Crippen LogP contribution in [0.25, 0.3) is 0 Å². The largest absolute Gasteiger partial charge is 0.639 e. The van der Waals surface area contributed by atoms with Crippen molar-refractivity contribution in [2.75, 3.05) is 19.8 Å². The Balaban J connectivity index is 3.89. The van der Waals surface area contributed by atoms with Crippen LogP contribution in [0.2, 0.25) is 0 Å². The first kappa shape index (κ1) is 27.9. The molecule has 0 aliphatic carbocycles. The van der Waals surface area contributed by atoms with E-state index in [9.17, 15) is 0 Å². The van der Waals surface area contributed by atoms with Crippen molar-refractivity contribution in [1.82, 2.24) is 0 Å². The number of hydrogen-bond donors (Lipinski definition) is 0. The van der Waals surface area contributed by atoms with E-state index in [0.29, 0.717) is 0 Å². The Kier molecular flexibility index (Phi) is 20.2. The molecule has 0 aliphatic rings. The molecule has 4 heteroatoms. The number of hydrogen-bond acceptors (Lipinski definition) is 3. The molecule has 0 radical (unpaired) electrons. The van der Waals surface area contributed by atoms with Gasteiger partial charge in [-0.05, 0) is 37.0 Å². The van der Waals surface area contributed by atoms with Crippen LogP contribution in [0.1, 0.15) is 119 Å². The molecule has 0 saturated carbocycles. The van der Waals surface area contributed by atoms with Gasteiger partial charge in [0.25, 0.3) is 0 Å². The van der Waals surface area contributed by atoms with Crippen molar-refractivity contribution in [1.29, 1.82) is 0 Å². The van der Waals surface area contributed by atoms with E-state index in [1.807, 2.05) is 0 Å². The summed E-state index contributed by atoms with van der Waals surface area (Å²) in [6.07, 6.45) is 14.8. The Morgan fingerprint density at radius 1 is 0.429 bits per heavy atom. The minimum atomic E-state index is -0.472. The van der Waals surface area contributed by atoms with Crippen LogP contribution in [-0.4, -0.2) is 27.1 Å². The highest BCUT2D eigenvalue weighted by molar-refractivity contribution is 6.36. The molecule has 0 unspecified atom stereocenters. The van der Waals surface area contributed by atoms with Crippen molar-refractivity contribution in [3.05, 3.63) is 0 Å². The molecular formula is C24H51BO3. The van der Waals surface area contributed by atoms with Gasteiger partial charge >= 0.3 is 7.32 Å². The van der Waals surface area contributed by atoms with E-state index in [1.54, 1.807) is 0 Å². The van der Waals surface area contributed by atoms with Crippen LogP contribution in [-0.2, 0) is 14.0 Å². The van der Waals surface area contributed by atoms with Crippen LogP contribution >= 0.6 is 0 Å². The molecule has 0 aliphatic heterocycles. The molecule has 3 nitrogen and oxygen atoms in total. The second-order valence-corrected chi connectivity index (χ2v) is 9.63. The lowest BCUT2D eigenvalue weighted by Crippen LogP contribution is -2.28. The van der Waals surface area contributed by atoms with Crippen molar-refractivity contribution < 1.29 is 14.0 Å². The SMILES string of the molecule is CC(C)CCCCCOB(OCCCCCC(C)C)OCCCCCC(C)C. The zero-order chi connectivity index (χ0) is 21.0. The molecule has 0 N–H and O–H groups in total. The van der Waals surface area contributed by atoms with E-state index in [2.05, 4.69) is 41.5 Å². The first-order valence-electron chi connectivity index (χ1n) is 12.3. The zero-order valence-corrected chi connectivity index (χ0v) is 20.1. The van der Waals surface area contributed by atoms with Gasteiger partial charge in [0.15, 0.2) is 0 Å². The third-order valence-electron chi connectivity index (χ3n) is 5.04. The summed E-state index contributed by atoms with van der Waals surface area (Å²) >= 11 is 0. The van der Waals surface area contributed by atoms with Crippen molar-refractivity contribution in [2.24, 2.45) is 17.8 Å². The third kappa shape index (κ3) is 22.2. The quantitative estimate of drug-likeness (QED) is 0.147. The molecule has 28 heavy (non-hydrogen) atoms. The van der Waals surface area contributed by atoms with Crippen molar-refractivity contribution >= 4 is 7.32 Å². The van der Waals surface area contributed by atoms with Gasteiger partial charge in [0.05, 0.1) is 0 Å². The standard InChI is InChI=1S/C24H51BO3/c1-22(2)16-10-7-13-19-26-25(27-20-14-8-11-17-23(3)4)28-21-15-9-12-18-24(5)6/h22-24H,7-21H2,1-6H3. The molecule has 0 rings (SSSR count). The fourth-order valence-corrected chi connectivity index (χ4v) is 3.18. The third-order valence-corrected chi connectivity index (χ3v) is 5.04. The van der Waals surface area contributed by atoms with Crippen LogP contribution in [0.4, 0.5) is 0 Å². The van der Waals surface area contributed by atoms with Crippen LogP contribution in [0.5, 0.6) is 0 Å². The molecule has 0 aromatic rings. The highest BCUT2D eigenvalue weighted by Crippen LogP contribution is 2.11. The first-order valence-corrected chi connectivity index (χ1v) is 12.3. The number of rotatable bonds is 21. The summed E-state index contributed by atoms with van der Waals surface area (Å²) in [6, 6.07) is 0. The summed E-state index contributed by atoms with van der Waals surface area (Å²) in [5, 5.41) is 0. The highest BCUT2D eigenvalue weighted by atomic mass is 16.7. The van der Waals surface area contributed by atoms with Crippen molar-refractivity contribution in [3.8, 4) is 0 Å². The molecule has 0 saturated heterocycles. The topological polar surface area (TPSA) is 27.7 Å². The fraction of sp³-hybridized carbons (Fsp3) is 1.00. The minimum Gasteiger partial charge on any atom is -0.386 e. The molecule has 0 bridgehead atoms. The van der Waals surface area contributed by atoms with Gasteiger partial charge in [-0.1, -0.05) is 99.3 Å². The summed E-state index contributed by atoms with van der Waals surface area (Å²) in [6.45, 7) is 15.9. The Bertz CT molecular complexity index is 261. The highest BCUT2D eigenvalue weighted by Gasteiger charge is 2.20. The lowest BCUT2D eigenvalue weighted by Gasteiger charge is -2.15. The maximum Gasteiger partial charge on any atom is 0.639 e. The summed E-state index contributed by atoms with van der Waals surface area (Å²) < 4.78 is 17.7. The minimum absolute atomic E-state index is 0.472. The first-order chi connectivity index (χ1) is 13.4. The summed E-state index contributed by atoms with van der Waals surface area (Å²) in [4.78, 5) is 0. The molecular weight excluding hydrogens is 347 g/mol. The molecule has 0 atom stereocenters. The molecule has 0 fully saturated rings.